The molecule has 3 amide bonds. The van der Waals surface area contributed by atoms with Crippen LogP contribution in [0.4, 0.5) is 11.4 Å². The molecule has 2 aromatic rings. The molecular weight excluding hydrogens is 410 g/mol. The van der Waals surface area contributed by atoms with Crippen molar-refractivity contribution in [3.63, 3.8) is 0 Å². The summed E-state index contributed by atoms with van der Waals surface area (Å²) < 4.78 is 10.7. The standard InChI is InChI=1S/C21H20ClN3O5/c1-24(2)21(28)15-5-3-13(8-16(15)22)23-20(27)12-7-19(26)25(10-12)14-4-6-17-18(9-14)30-11-29-17/h3-6,8-9,12H,7,10-11H2,1-2H3,(H,23,27). The first-order valence-electron chi connectivity index (χ1n) is 9.35. The van der Waals surface area contributed by atoms with Gasteiger partial charge in [0.25, 0.3) is 5.91 Å². The Balaban J connectivity index is 1.44. The smallest absolute Gasteiger partial charge is 0.254 e. The summed E-state index contributed by atoms with van der Waals surface area (Å²) in [5.74, 6) is 0.0553. The molecule has 2 aliphatic rings. The molecule has 2 aromatic carbocycles. The van der Waals surface area contributed by atoms with Crippen LogP contribution >= 0.6 is 11.6 Å². The van der Waals surface area contributed by atoms with E-state index in [4.69, 9.17) is 21.1 Å². The number of halogens is 1. The van der Waals surface area contributed by atoms with Crippen LogP contribution in [0.25, 0.3) is 0 Å². The monoisotopic (exact) mass is 429 g/mol. The molecular formula is C21H20ClN3O5. The van der Waals surface area contributed by atoms with Crippen molar-refractivity contribution in [2.45, 2.75) is 6.42 Å². The molecule has 1 N–H and O–H groups in total. The number of carbonyl (C=O) groups excluding carboxylic acids is 3. The van der Waals surface area contributed by atoms with E-state index < -0.39 is 5.92 Å². The molecule has 9 heteroatoms. The SMILES string of the molecule is CN(C)C(=O)c1ccc(NC(=O)C2CC(=O)N(c3ccc4c(c3)OCO4)C2)cc1Cl. The van der Waals surface area contributed by atoms with Crippen molar-refractivity contribution in [3.8, 4) is 11.5 Å². The van der Waals surface area contributed by atoms with Crippen LogP contribution < -0.4 is 19.7 Å². The molecule has 0 saturated carbocycles. The summed E-state index contributed by atoms with van der Waals surface area (Å²) in [6, 6.07) is 9.97. The predicted molar refractivity (Wildman–Crippen MR) is 111 cm³/mol. The van der Waals surface area contributed by atoms with Gasteiger partial charge in [-0.15, -0.1) is 0 Å². The maximum absolute atomic E-state index is 12.7. The molecule has 0 aliphatic carbocycles. The summed E-state index contributed by atoms with van der Waals surface area (Å²) in [5, 5.41) is 3.03. The van der Waals surface area contributed by atoms with Crippen LogP contribution in [0.5, 0.6) is 11.5 Å². The number of carbonyl (C=O) groups is 3. The third-order valence-electron chi connectivity index (χ3n) is 5.04. The van der Waals surface area contributed by atoms with Gasteiger partial charge in [-0.3, -0.25) is 14.4 Å². The highest BCUT2D eigenvalue weighted by molar-refractivity contribution is 6.34. The molecule has 4 rings (SSSR count). The molecule has 1 atom stereocenters. The molecule has 156 valence electrons. The highest BCUT2D eigenvalue weighted by Gasteiger charge is 2.35. The number of hydrogen-bond acceptors (Lipinski definition) is 5. The van der Waals surface area contributed by atoms with Gasteiger partial charge >= 0.3 is 0 Å². The van der Waals surface area contributed by atoms with Crippen molar-refractivity contribution < 1.29 is 23.9 Å². The van der Waals surface area contributed by atoms with E-state index in [0.717, 1.165) is 0 Å². The normalized spacial score (nSPS) is 17.2. The van der Waals surface area contributed by atoms with Crippen LogP contribution in [0, 0.1) is 5.92 Å². The van der Waals surface area contributed by atoms with Crippen molar-refractivity contribution in [2.75, 3.05) is 37.6 Å². The van der Waals surface area contributed by atoms with E-state index in [1.165, 1.54) is 11.0 Å². The van der Waals surface area contributed by atoms with Crippen LogP contribution in [0.15, 0.2) is 36.4 Å². The highest BCUT2D eigenvalue weighted by atomic mass is 35.5. The Hall–Kier alpha value is -3.26. The lowest BCUT2D eigenvalue weighted by Crippen LogP contribution is -2.28. The molecule has 1 saturated heterocycles. The average Bonchev–Trinajstić information content (AvgIpc) is 3.33. The van der Waals surface area contributed by atoms with Gasteiger partial charge < -0.3 is 24.6 Å². The lowest BCUT2D eigenvalue weighted by molar-refractivity contribution is -0.122. The first kappa shape index (κ1) is 20.0. The van der Waals surface area contributed by atoms with Crippen molar-refractivity contribution >= 4 is 40.7 Å². The molecule has 0 aromatic heterocycles. The topological polar surface area (TPSA) is 88.2 Å². The second kappa shape index (κ2) is 7.87. The summed E-state index contributed by atoms with van der Waals surface area (Å²) >= 11 is 6.20. The van der Waals surface area contributed by atoms with Gasteiger partial charge in [-0.2, -0.15) is 0 Å². The number of ether oxygens (including phenoxy) is 2. The number of nitrogens with one attached hydrogen (secondary N) is 1. The molecule has 0 bridgehead atoms. The van der Waals surface area contributed by atoms with Gasteiger partial charge in [-0.05, 0) is 30.3 Å². The summed E-state index contributed by atoms with van der Waals surface area (Å²) in [5.41, 5.74) is 1.48. The minimum absolute atomic E-state index is 0.102. The first-order chi connectivity index (χ1) is 14.3. The highest BCUT2D eigenvalue weighted by Crippen LogP contribution is 2.37. The van der Waals surface area contributed by atoms with Gasteiger partial charge in [0.1, 0.15) is 0 Å². The summed E-state index contributed by atoms with van der Waals surface area (Å²) in [6.45, 7) is 0.411. The first-order valence-corrected chi connectivity index (χ1v) is 9.73. The van der Waals surface area contributed by atoms with Crippen molar-refractivity contribution in [3.05, 3.63) is 47.0 Å². The Labute approximate surface area is 178 Å². The van der Waals surface area contributed by atoms with E-state index in [-0.39, 0.29) is 42.5 Å². The van der Waals surface area contributed by atoms with Crippen LogP contribution in [-0.4, -0.2) is 50.1 Å². The number of amides is 3. The van der Waals surface area contributed by atoms with Gasteiger partial charge in [-0.1, -0.05) is 11.6 Å². The van der Waals surface area contributed by atoms with Crippen molar-refractivity contribution in [1.82, 2.24) is 4.90 Å². The number of benzene rings is 2. The fourth-order valence-electron chi connectivity index (χ4n) is 3.44. The third-order valence-corrected chi connectivity index (χ3v) is 5.35. The van der Waals surface area contributed by atoms with E-state index in [9.17, 15) is 14.4 Å². The van der Waals surface area contributed by atoms with Crippen molar-refractivity contribution in [1.29, 1.82) is 0 Å². The lowest BCUT2D eigenvalue weighted by atomic mass is 10.1. The molecule has 1 unspecified atom stereocenters. The minimum atomic E-state index is -0.509. The van der Waals surface area contributed by atoms with Gasteiger partial charge in [0.05, 0.1) is 16.5 Å². The van der Waals surface area contributed by atoms with Gasteiger partial charge in [-0.25, -0.2) is 0 Å². The largest absolute Gasteiger partial charge is 0.454 e. The molecule has 8 nitrogen and oxygen atoms in total. The Morgan fingerprint density at radius 2 is 1.90 bits per heavy atom. The second-order valence-electron chi connectivity index (χ2n) is 7.33. The third kappa shape index (κ3) is 3.78. The zero-order valence-electron chi connectivity index (χ0n) is 16.5. The van der Waals surface area contributed by atoms with Crippen molar-refractivity contribution in [2.24, 2.45) is 5.92 Å². The van der Waals surface area contributed by atoms with Gasteiger partial charge in [0, 0.05) is 44.5 Å². The van der Waals surface area contributed by atoms with Gasteiger partial charge in [0.2, 0.25) is 18.6 Å². The average molecular weight is 430 g/mol. The fraction of sp³-hybridized carbons (Fsp3) is 0.286. The fourth-order valence-corrected chi connectivity index (χ4v) is 3.70. The summed E-state index contributed by atoms with van der Waals surface area (Å²) in [7, 11) is 3.27. The Morgan fingerprint density at radius 1 is 1.13 bits per heavy atom. The van der Waals surface area contributed by atoms with E-state index in [1.54, 1.807) is 49.3 Å². The number of fused-ring (bicyclic) bond motifs is 1. The maximum Gasteiger partial charge on any atom is 0.254 e. The van der Waals surface area contributed by atoms with Crippen LogP contribution in [0.1, 0.15) is 16.8 Å². The number of rotatable bonds is 4. The number of nitrogens with zero attached hydrogens (tertiary/aromatic N) is 2. The van der Waals surface area contributed by atoms with Crippen LogP contribution in [-0.2, 0) is 9.59 Å². The zero-order valence-corrected chi connectivity index (χ0v) is 17.2. The van der Waals surface area contributed by atoms with E-state index in [1.807, 2.05) is 0 Å². The Bertz CT molecular complexity index is 1040. The second-order valence-corrected chi connectivity index (χ2v) is 7.73. The summed E-state index contributed by atoms with van der Waals surface area (Å²) in [4.78, 5) is 40.3. The molecule has 0 radical (unpaired) electrons. The zero-order chi connectivity index (χ0) is 21.4. The molecule has 2 heterocycles. The van der Waals surface area contributed by atoms with E-state index in [2.05, 4.69) is 5.32 Å². The van der Waals surface area contributed by atoms with Gasteiger partial charge in [0.15, 0.2) is 11.5 Å². The lowest BCUT2D eigenvalue weighted by Gasteiger charge is -2.17. The molecule has 2 aliphatic heterocycles. The van der Waals surface area contributed by atoms with E-state index >= 15 is 0 Å². The molecule has 1 fully saturated rings. The van der Waals surface area contributed by atoms with Crippen LogP contribution in [0.3, 0.4) is 0 Å². The Morgan fingerprint density at radius 3 is 2.63 bits per heavy atom. The quantitative estimate of drug-likeness (QED) is 0.807. The minimum Gasteiger partial charge on any atom is -0.454 e. The molecule has 30 heavy (non-hydrogen) atoms. The Kier molecular flexibility index (Phi) is 5.26. The maximum atomic E-state index is 12.7. The summed E-state index contributed by atoms with van der Waals surface area (Å²) in [6.07, 6.45) is 0.102. The number of hydrogen-bond donors (Lipinski definition) is 1. The van der Waals surface area contributed by atoms with E-state index in [0.29, 0.717) is 28.4 Å². The number of anilines is 2. The van der Waals surface area contributed by atoms with Crippen LogP contribution in [0.2, 0.25) is 5.02 Å². The predicted octanol–water partition coefficient (Wildman–Crippen LogP) is 2.76. The molecule has 0 spiro atoms.